The second-order valence-corrected chi connectivity index (χ2v) is 4.77. The molecule has 1 aromatic rings. The van der Waals surface area contributed by atoms with Crippen LogP contribution in [0.25, 0.3) is 0 Å². The summed E-state index contributed by atoms with van der Waals surface area (Å²) in [5, 5.41) is 10.9. The number of nitrogens with zero attached hydrogens (tertiary/aromatic N) is 2. The van der Waals surface area contributed by atoms with Crippen molar-refractivity contribution in [1.82, 2.24) is 20.5 Å². The molecule has 2 heterocycles. The van der Waals surface area contributed by atoms with Crippen LogP contribution in [-0.2, 0) is 6.42 Å². The summed E-state index contributed by atoms with van der Waals surface area (Å²) in [6.07, 6.45) is 7.49. The van der Waals surface area contributed by atoms with Crippen LogP contribution in [-0.4, -0.2) is 27.8 Å². The van der Waals surface area contributed by atoms with E-state index in [-0.39, 0.29) is 0 Å². The SMILES string of the molecule is C1CNC(Cc2nc(C3CCC3)n[nH]2)C1. The van der Waals surface area contributed by atoms with Crippen molar-refractivity contribution in [1.29, 1.82) is 0 Å². The Morgan fingerprint density at radius 3 is 2.80 bits per heavy atom. The Morgan fingerprint density at radius 1 is 1.20 bits per heavy atom. The fraction of sp³-hybridized carbons (Fsp3) is 0.818. The van der Waals surface area contributed by atoms with Crippen LogP contribution in [0.1, 0.15) is 49.7 Å². The van der Waals surface area contributed by atoms with Gasteiger partial charge >= 0.3 is 0 Å². The van der Waals surface area contributed by atoms with Crippen molar-refractivity contribution in [3.63, 3.8) is 0 Å². The molecule has 0 bridgehead atoms. The zero-order valence-electron chi connectivity index (χ0n) is 9.00. The van der Waals surface area contributed by atoms with E-state index in [0.717, 1.165) is 24.6 Å². The van der Waals surface area contributed by atoms with Crippen molar-refractivity contribution in [3.8, 4) is 0 Å². The molecule has 1 aliphatic heterocycles. The fourth-order valence-electron chi connectivity index (χ4n) is 2.41. The van der Waals surface area contributed by atoms with E-state index in [1.54, 1.807) is 0 Å². The quantitative estimate of drug-likeness (QED) is 0.785. The first-order valence-corrected chi connectivity index (χ1v) is 6.06. The molecular weight excluding hydrogens is 188 g/mol. The van der Waals surface area contributed by atoms with Gasteiger partial charge in [-0.2, -0.15) is 5.10 Å². The minimum Gasteiger partial charge on any atom is -0.314 e. The van der Waals surface area contributed by atoms with Crippen LogP contribution in [0.3, 0.4) is 0 Å². The van der Waals surface area contributed by atoms with E-state index in [9.17, 15) is 0 Å². The molecule has 0 amide bonds. The Bertz CT molecular complexity index is 323. The summed E-state index contributed by atoms with van der Waals surface area (Å²) in [6.45, 7) is 1.16. The Balaban J connectivity index is 1.62. The highest BCUT2D eigenvalue weighted by Gasteiger charge is 2.24. The van der Waals surface area contributed by atoms with Gasteiger partial charge in [-0.25, -0.2) is 4.98 Å². The normalized spacial score (nSPS) is 26.8. The lowest BCUT2D eigenvalue weighted by Crippen LogP contribution is -2.24. The second-order valence-electron chi connectivity index (χ2n) is 4.77. The van der Waals surface area contributed by atoms with Crippen molar-refractivity contribution in [3.05, 3.63) is 11.6 Å². The van der Waals surface area contributed by atoms with E-state index in [1.165, 1.54) is 32.1 Å². The average molecular weight is 206 g/mol. The van der Waals surface area contributed by atoms with Gasteiger partial charge in [-0.15, -0.1) is 0 Å². The van der Waals surface area contributed by atoms with Crippen LogP contribution in [0, 0.1) is 0 Å². The molecular formula is C11H18N4. The Labute approximate surface area is 89.9 Å². The summed E-state index contributed by atoms with van der Waals surface area (Å²) >= 11 is 0. The molecule has 82 valence electrons. The number of aromatic nitrogens is 3. The average Bonchev–Trinajstić information content (AvgIpc) is 2.75. The van der Waals surface area contributed by atoms with Gasteiger partial charge in [0.2, 0.25) is 0 Å². The molecule has 3 rings (SSSR count). The lowest BCUT2D eigenvalue weighted by atomic mass is 9.85. The zero-order chi connectivity index (χ0) is 10.1. The molecule has 0 spiro atoms. The van der Waals surface area contributed by atoms with E-state index < -0.39 is 0 Å². The van der Waals surface area contributed by atoms with Gasteiger partial charge in [0.1, 0.15) is 5.82 Å². The number of hydrogen-bond donors (Lipinski definition) is 2. The molecule has 2 fully saturated rings. The predicted molar refractivity (Wildman–Crippen MR) is 57.7 cm³/mol. The third kappa shape index (κ3) is 1.91. The largest absolute Gasteiger partial charge is 0.314 e. The van der Waals surface area contributed by atoms with Gasteiger partial charge in [-0.3, -0.25) is 5.10 Å². The van der Waals surface area contributed by atoms with Gasteiger partial charge in [0, 0.05) is 18.4 Å². The van der Waals surface area contributed by atoms with E-state index in [2.05, 4.69) is 20.5 Å². The molecule has 4 nitrogen and oxygen atoms in total. The lowest BCUT2D eigenvalue weighted by Gasteiger charge is -2.21. The van der Waals surface area contributed by atoms with E-state index in [0.29, 0.717) is 12.0 Å². The second kappa shape index (κ2) is 3.93. The van der Waals surface area contributed by atoms with Gasteiger partial charge < -0.3 is 5.32 Å². The summed E-state index contributed by atoms with van der Waals surface area (Å²) in [7, 11) is 0. The first-order chi connectivity index (χ1) is 7.42. The number of aromatic amines is 1. The molecule has 15 heavy (non-hydrogen) atoms. The van der Waals surface area contributed by atoms with Crippen LogP contribution >= 0.6 is 0 Å². The molecule has 1 aliphatic carbocycles. The van der Waals surface area contributed by atoms with Crippen molar-refractivity contribution in [2.24, 2.45) is 0 Å². The third-order valence-corrected chi connectivity index (χ3v) is 3.62. The number of nitrogens with one attached hydrogen (secondary N) is 2. The van der Waals surface area contributed by atoms with Crippen LogP contribution in [0.2, 0.25) is 0 Å². The highest BCUT2D eigenvalue weighted by atomic mass is 15.2. The summed E-state index contributed by atoms with van der Waals surface area (Å²) in [5.41, 5.74) is 0. The Morgan fingerprint density at radius 2 is 2.13 bits per heavy atom. The van der Waals surface area contributed by atoms with Crippen LogP contribution in [0.5, 0.6) is 0 Å². The van der Waals surface area contributed by atoms with Gasteiger partial charge in [0.05, 0.1) is 0 Å². The van der Waals surface area contributed by atoms with Crippen LogP contribution < -0.4 is 5.32 Å². The van der Waals surface area contributed by atoms with Gasteiger partial charge in [0.15, 0.2) is 5.82 Å². The summed E-state index contributed by atoms with van der Waals surface area (Å²) in [5.74, 6) is 2.76. The van der Waals surface area contributed by atoms with Crippen molar-refractivity contribution < 1.29 is 0 Å². The first kappa shape index (κ1) is 9.33. The van der Waals surface area contributed by atoms with Crippen LogP contribution in [0.15, 0.2) is 0 Å². The van der Waals surface area contributed by atoms with E-state index >= 15 is 0 Å². The van der Waals surface area contributed by atoms with Gasteiger partial charge in [0.25, 0.3) is 0 Å². The number of H-pyrrole nitrogens is 1. The highest BCUT2D eigenvalue weighted by Crippen LogP contribution is 2.34. The van der Waals surface area contributed by atoms with E-state index in [4.69, 9.17) is 0 Å². The lowest BCUT2D eigenvalue weighted by molar-refractivity contribution is 0.402. The summed E-state index contributed by atoms with van der Waals surface area (Å²) in [4.78, 5) is 4.59. The predicted octanol–water partition coefficient (Wildman–Crippen LogP) is 1.37. The maximum Gasteiger partial charge on any atom is 0.153 e. The topological polar surface area (TPSA) is 53.6 Å². The molecule has 2 N–H and O–H groups in total. The minimum atomic E-state index is 0.618. The maximum atomic E-state index is 4.59. The molecule has 1 unspecified atom stereocenters. The monoisotopic (exact) mass is 206 g/mol. The summed E-state index contributed by atoms with van der Waals surface area (Å²) < 4.78 is 0. The molecule has 1 saturated carbocycles. The van der Waals surface area contributed by atoms with E-state index in [1.807, 2.05) is 0 Å². The first-order valence-electron chi connectivity index (χ1n) is 6.06. The maximum absolute atomic E-state index is 4.59. The fourth-order valence-corrected chi connectivity index (χ4v) is 2.41. The molecule has 0 aromatic carbocycles. The zero-order valence-corrected chi connectivity index (χ0v) is 9.00. The van der Waals surface area contributed by atoms with Crippen LogP contribution in [0.4, 0.5) is 0 Å². The molecule has 1 saturated heterocycles. The van der Waals surface area contributed by atoms with Crippen molar-refractivity contribution in [2.75, 3.05) is 6.54 Å². The molecule has 2 aliphatic rings. The Kier molecular flexibility index (Phi) is 2.44. The van der Waals surface area contributed by atoms with Crippen molar-refractivity contribution in [2.45, 2.75) is 50.5 Å². The third-order valence-electron chi connectivity index (χ3n) is 3.62. The smallest absolute Gasteiger partial charge is 0.153 e. The number of rotatable bonds is 3. The minimum absolute atomic E-state index is 0.618. The molecule has 1 aromatic heterocycles. The highest BCUT2D eigenvalue weighted by molar-refractivity contribution is 5.02. The number of hydrogen-bond acceptors (Lipinski definition) is 3. The summed E-state index contributed by atoms with van der Waals surface area (Å²) in [6, 6.07) is 0.618. The van der Waals surface area contributed by atoms with Crippen molar-refractivity contribution >= 4 is 0 Å². The van der Waals surface area contributed by atoms with Gasteiger partial charge in [-0.1, -0.05) is 6.42 Å². The molecule has 0 radical (unpaired) electrons. The molecule has 4 heteroatoms. The standard InChI is InChI=1S/C11H18N4/c1-3-8(4-1)11-13-10(14-15-11)7-9-5-2-6-12-9/h8-9,12H,1-7H2,(H,13,14,15). The molecule has 1 atom stereocenters. The van der Waals surface area contributed by atoms with Gasteiger partial charge in [-0.05, 0) is 32.2 Å². The Hall–Kier alpha value is -0.900.